The lowest BCUT2D eigenvalue weighted by Gasteiger charge is -2.17. The van der Waals surface area contributed by atoms with Crippen LogP contribution in [0.15, 0.2) is 0 Å². The van der Waals surface area contributed by atoms with Gasteiger partial charge >= 0.3 is 5.97 Å². The van der Waals surface area contributed by atoms with Gasteiger partial charge < -0.3 is 19.5 Å². The molecule has 0 aliphatic heterocycles. The molecule has 0 aromatic rings. The van der Waals surface area contributed by atoms with Crippen molar-refractivity contribution < 1.29 is 19.0 Å². The molecule has 2 unspecified atom stereocenters. The number of hydrogen-bond acceptors (Lipinski definition) is 5. The minimum absolute atomic E-state index is 0.0762. The first kappa shape index (κ1) is 49.4. The van der Waals surface area contributed by atoms with E-state index >= 15 is 0 Å². The molecule has 0 amide bonds. The summed E-state index contributed by atoms with van der Waals surface area (Å²) in [5.41, 5.74) is 0. The zero-order valence-corrected chi connectivity index (χ0v) is 34.7. The van der Waals surface area contributed by atoms with Crippen LogP contribution < -0.4 is 5.32 Å². The van der Waals surface area contributed by atoms with E-state index in [0.29, 0.717) is 19.3 Å². The molecule has 0 radical (unpaired) electrons. The Morgan fingerprint density at radius 1 is 0.440 bits per heavy atom. The summed E-state index contributed by atoms with van der Waals surface area (Å²) in [6, 6.07) is 0. The van der Waals surface area contributed by atoms with Gasteiger partial charge in [0.2, 0.25) is 0 Å². The lowest BCUT2D eigenvalue weighted by molar-refractivity contribution is -0.149. The first-order chi connectivity index (χ1) is 24.7. The Morgan fingerprint density at radius 2 is 0.840 bits per heavy atom. The van der Waals surface area contributed by atoms with Crippen molar-refractivity contribution in [1.29, 1.82) is 0 Å². The summed E-state index contributed by atoms with van der Waals surface area (Å²) in [4.78, 5) is 12.8. The fraction of sp³-hybridized carbons (Fsp3) is 0.978. The maximum absolute atomic E-state index is 12.8. The molecular weight excluding hydrogens is 618 g/mol. The van der Waals surface area contributed by atoms with Gasteiger partial charge in [0.15, 0.2) is 0 Å². The maximum atomic E-state index is 12.8. The number of hydrogen-bond donors (Lipinski definition) is 1. The lowest BCUT2D eigenvalue weighted by Crippen LogP contribution is -2.19. The van der Waals surface area contributed by atoms with Crippen molar-refractivity contribution in [3.63, 3.8) is 0 Å². The van der Waals surface area contributed by atoms with Crippen molar-refractivity contribution in [1.82, 2.24) is 5.32 Å². The van der Waals surface area contributed by atoms with E-state index in [4.69, 9.17) is 14.2 Å². The normalized spacial score (nSPS) is 12.8. The van der Waals surface area contributed by atoms with Gasteiger partial charge in [-0.05, 0) is 70.4 Å². The molecule has 0 spiro atoms. The predicted molar refractivity (Wildman–Crippen MR) is 218 cm³/mol. The third kappa shape index (κ3) is 37.1. The molecule has 1 N–H and O–H groups in total. The van der Waals surface area contributed by atoms with E-state index in [1.807, 2.05) is 0 Å². The highest BCUT2D eigenvalue weighted by Crippen LogP contribution is 2.21. The van der Waals surface area contributed by atoms with E-state index in [2.05, 4.69) is 33.0 Å². The third-order valence-corrected chi connectivity index (χ3v) is 10.5. The van der Waals surface area contributed by atoms with Crippen LogP contribution in [-0.2, 0) is 19.0 Å². The summed E-state index contributed by atoms with van der Waals surface area (Å²) in [6.07, 6.45) is 40.4. The van der Waals surface area contributed by atoms with Crippen molar-refractivity contribution >= 4 is 5.97 Å². The van der Waals surface area contributed by atoms with Gasteiger partial charge in [-0.15, -0.1) is 0 Å². The minimum Gasteiger partial charge on any atom is -0.465 e. The van der Waals surface area contributed by atoms with Gasteiger partial charge in [-0.3, -0.25) is 4.79 Å². The Kier molecular flexibility index (Phi) is 42.2. The van der Waals surface area contributed by atoms with Crippen LogP contribution in [0, 0.1) is 11.8 Å². The standard InChI is InChI=1S/C45H91NO4/c1-5-9-13-17-19-26-34-43(33-25-15-11-7-3)41-49-42-48-39-31-23-21-29-37-46-38-30-22-24-32-40-50-45(47)44(35-27-16-12-8-4)36-28-20-18-14-10-6-2/h43-44,46H,5-42H2,1-4H3. The van der Waals surface area contributed by atoms with Crippen molar-refractivity contribution in [3.05, 3.63) is 0 Å². The third-order valence-electron chi connectivity index (χ3n) is 10.5. The summed E-state index contributed by atoms with van der Waals surface area (Å²) in [5.74, 6) is 0.907. The predicted octanol–water partition coefficient (Wildman–Crippen LogP) is 13.9. The zero-order chi connectivity index (χ0) is 36.4. The van der Waals surface area contributed by atoms with E-state index in [9.17, 15) is 4.79 Å². The van der Waals surface area contributed by atoms with E-state index < -0.39 is 0 Å². The average Bonchev–Trinajstić information content (AvgIpc) is 3.12. The Balaban J connectivity index is 3.72. The number of rotatable bonds is 43. The first-order valence-corrected chi connectivity index (χ1v) is 22.7. The van der Waals surface area contributed by atoms with E-state index in [-0.39, 0.29) is 11.9 Å². The molecule has 50 heavy (non-hydrogen) atoms. The van der Waals surface area contributed by atoms with Gasteiger partial charge in [-0.2, -0.15) is 0 Å². The molecule has 0 aliphatic rings. The van der Waals surface area contributed by atoms with Crippen molar-refractivity contribution in [2.75, 3.05) is 39.7 Å². The van der Waals surface area contributed by atoms with Crippen molar-refractivity contribution in [2.45, 2.75) is 233 Å². The van der Waals surface area contributed by atoms with Crippen molar-refractivity contribution in [2.24, 2.45) is 11.8 Å². The summed E-state index contributed by atoms with van der Waals surface area (Å²) in [6.45, 7) is 14.1. The molecule has 0 aliphatic carbocycles. The Bertz CT molecular complexity index is 645. The van der Waals surface area contributed by atoms with Crippen LogP contribution in [-0.4, -0.2) is 45.7 Å². The Labute approximate surface area is 314 Å². The second kappa shape index (κ2) is 42.8. The van der Waals surface area contributed by atoms with Crippen LogP contribution in [0.3, 0.4) is 0 Å². The Hall–Kier alpha value is -0.650. The van der Waals surface area contributed by atoms with Gasteiger partial charge in [-0.25, -0.2) is 0 Å². The molecule has 0 bridgehead atoms. The molecular formula is C45H91NO4. The highest BCUT2D eigenvalue weighted by atomic mass is 16.7. The lowest BCUT2D eigenvalue weighted by atomic mass is 9.94. The number of nitrogens with one attached hydrogen (secondary N) is 1. The van der Waals surface area contributed by atoms with Gasteiger partial charge in [0.05, 0.1) is 19.1 Å². The van der Waals surface area contributed by atoms with Crippen LogP contribution in [0.4, 0.5) is 0 Å². The monoisotopic (exact) mass is 710 g/mol. The van der Waals surface area contributed by atoms with Gasteiger partial charge in [0.25, 0.3) is 0 Å². The number of carbonyl (C=O) groups excluding carboxylic acids is 1. The molecule has 2 atom stereocenters. The highest BCUT2D eigenvalue weighted by Gasteiger charge is 2.19. The van der Waals surface area contributed by atoms with Gasteiger partial charge in [0.1, 0.15) is 6.79 Å². The second-order valence-electron chi connectivity index (χ2n) is 15.5. The molecule has 5 nitrogen and oxygen atoms in total. The minimum atomic E-state index is 0.0762. The molecule has 0 saturated carbocycles. The maximum Gasteiger partial charge on any atom is 0.308 e. The highest BCUT2D eigenvalue weighted by molar-refractivity contribution is 5.72. The number of esters is 1. The first-order valence-electron chi connectivity index (χ1n) is 22.7. The number of unbranched alkanes of at least 4 members (excludes halogenated alkanes) is 22. The molecule has 0 heterocycles. The molecule has 0 aromatic carbocycles. The fourth-order valence-corrected chi connectivity index (χ4v) is 7.01. The topological polar surface area (TPSA) is 56.8 Å². The van der Waals surface area contributed by atoms with E-state index in [1.165, 1.54) is 173 Å². The van der Waals surface area contributed by atoms with Crippen LogP contribution in [0.2, 0.25) is 0 Å². The molecule has 0 saturated heterocycles. The quantitative estimate of drug-likeness (QED) is 0.0388. The molecule has 300 valence electrons. The molecule has 5 heteroatoms. The van der Waals surface area contributed by atoms with Crippen LogP contribution in [0.1, 0.15) is 233 Å². The molecule has 0 fully saturated rings. The van der Waals surface area contributed by atoms with Gasteiger partial charge in [-0.1, -0.05) is 182 Å². The largest absolute Gasteiger partial charge is 0.465 e. The SMILES string of the molecule is CCCCCCCCC(CCCCCC)COCOCCCCCCNCCCCCCOC(=O)C(CCCCCC)CCCCCCCC. The summed E-state index contributed by atoms with van der Waals surface area (Å²) >= 11 is 0. The summed E-state index contributed by atoms with van der Waals surface area (Å²) < 4.78 is 17.5. The van der Waals surface area contributed by atoms with Gasteiger partial charge in [0, 0.05) is 6.61 Å². The summed E-state index contributed by atoms with van der Waals surface area (Å²) in [7, 11) is 0. The van der Waals surface area contributed by atoms with Crippen molar-refractivity contribution in [3.8, 4) is 0 Å². The van der Waals surface area contributed by atoms with Crippen LogP contribution >= 0.6 is 0 Å². The smallest absolute Gasteiger partial charge is 0.308 e. The Morgan fingerprint density at radius 3 is 1.36 bits per heavy atom. The number of ether oxygens (including phenoxy) is 3. The van der Waals surface area contributed by atoms with E-state index in [0.717, 1.165) is 58.4 Å². The second-order valence-corrected chi connectivity index (χ2v) is 15.5. The van der Waals surface area contributed by atoms with Crippen LogP contribution in [0.5, 0.6) is 0 Å². The zero-order valence-electron chi connectivity index (χ0n) is 34.7. The molecule has 0 rings (SSSR count). The summed E-state index contributed by atoms with van der Waals surface area (Å²) in [5, 5.41) is 3.61. The molecule has 0 aromatic heterocycles. The van der Waals surface area contributed by atoms with Crippen LogP contribution in [0.25, 0.3) is 0 Å². The van der Waals surface area contributed by atoms with E-state index in [1.54, 1.807) is 0 Å². The number of carbonyl (C=O) groups is 1. The average molecular weight is 710 g/mol. The fourth-order valence-electron chi connectivity index (χ4n) is 7.01.